The highest BCUT2D eigenvalue weighted by Gasteiger charge is 2.31. The molecule has 0 bridgehead atoms. The van der Waals surface area contributed by atoms with Gasteiger partial charge in [-0.25, -0.2) is 0 Å². The number of aliphatic hydroxyl groups is 1. The summed E-state index contributed by atoms with van der Waals surface area (Å²) in [6.07, 6.45) is 1.55. The molecule has 18 heavy (non-hydrogen) atoms. The molecule has 0 fully saturated rings. The summed E-state index contributed by atoms with van der Waals surface area (Å²) < 4.78 is 0. The zero-order valence-electron chi connectivity index (χ0n) is 11.0. The Kier molecular flexibility index (Phi) is 4.02. The van der Waals surface area contributed by atoms with E-state index in [2.05, 4.69) is 19.2 Å². The van der Waals surface area contributed by atoms with Crippen LogP contribution in [0.1, 0.15) is 43.9 Å². The molecule has 2 atom stereocenters. The quantitative estimate of drug-likeness (QED) is 0.857. The largest absolute Gasteiger partial charge is 0.390 e. The lowest BCUT2D eigenvalue weighted by Crippen LogP contribution is -2.33. The van der Waals surface area contributed by atoms with E-state index >= 15 is 0 Å². The Bertz CT molecular complexity index is 428. The predicted octanol–water partition coefficient (Wildman–Crippen LogP) is 2.20. The summed E-state index contributed by atoms with van der Waals surface area (Å²) in [5.74, 6) is 0.556. The van der Waals surface area contributed by atoms with Crippen molar-refractivity contribution in [3.63, 3.8) is 0 Å². The average molecular weight is 247 g/mol. The maximum atomic E-state index is 11.8. The first kappa shape index (κ1) is 13.1. The maximum absolute atomic E-state index is 11.8. The van der Waals surface area contributed by atoms with Crippen LogP contribution in [-0.2, 0) is 11.2 Å². The lowest BCUT2D eigenvalue weighted by Gasteiger charge is -2.18. The summed E-state index contributed by atoms with van der Waals surface area (Å²) in [6, 6.07) is 7.68. The van der Waals surface area contributed by atoms with Gasteiger partial charge < -0.3 is 10.4 Å². The summed E-state index contributed by atoms with van der Waals surface area (Å²) >= 11 is 0. The van der Waals surface area contributed by atoms with Crippen LogP contribution in [-0.4, -0.2) is 17.1 Å². The van der Waals surface area contributed by atoms with Gasteiger partial charge in [0.2, 0.25) is 5.91 Å². The van der Waals surface area contributed by atoms with Gasteiger partial charge in [-0.3, -0.25) is 4.79 Å². The fourth-order valence-corrected chi connectivity index (χ4v) is 2.41. The number of rotatable bonds is 4. The molecular weight excluding hydrogens is 226 g/mol. The number of aliphatic hydroxyl groups excluding tert-OH is 1. The van der Waals surface area contributed by atoms with Crippen LogP contribution in [0.2, 0.25) is 0 Å². The van der Waals surface area contributed by atoms with Gasteiger partial charge in [0.25, 0.3) is 0 Å². The Morgan fingerprint density at radius 1 is 1.44 bits per heavy atom. The third kappa shape index (κ3) is 2.91. The van der Waals surface area contributed by atoms with E-state index in [0.717, 1.165) is 17.5 Å². The number of hydrogen-bond acceptors (Lipinski definition) is 2. The third-order valence-electron chi connectivity index (χ3n) is 3.47. The smallest absolute Gasteiger partial charge is 0.220 e. The summed E-state index contributed by atoms with van der Waals surface area (Å²) in [6.45, 7) is 4.21. The summed E-state index contributed by atoms with van der Waals surface area (Å²) in [5, 5.41) is 13.0. The number of benzene rings is 1. The molecule has 0 saturated heterocycles. The number of fused-ring (bicyclic) bond motifs is 1. The third-order valence-corrected chi connectivity index (χ3v) is 3.47. The van der Waals surface area contributed by atoms with Crippen molar-refractivity contribution in [2.45, 2.75) is 45.3 Å². The summed E-state index contributed by atoms with van der Waals surface area (Å²) in [5.41, 5.74) is 2.20. The van der Waals surface area contributed by atoms with Gasteiger partial charge in [0.05, 0.1) is 12.1 Å². The molecule has 1 aromatic rings. The van der Waals surface area contributed by atoms with Gasteiger partial charge in [0.15, 0.2) is 0 Å². The molecule has 98 valence electrons. The molecule has 3 nitrogen and oxygen atoms in total. The van der Waals surface area contributed by atoms with Gasteiger partial charge in [-0.2, -0.15) is 0 Å². The molecule has 1 amide bonds. The van der Waals surface area contributed by atoms with Crippen LogP contribution in [0.3, 0.4) is 0 Å². The molecule has 0 aromatic heterocycles. The second-order valence-corrected chi connectivity index (χ2v) is 5.45. The molecule has 1 aromatic carbocycles. The number of amides is 1. The lowest BCUT2D eigenvalue weighted by atomic mass is 10.1. The summed E-state index contributed by atoms with van der Waals surface area (Å²) in [4.78, 5) is 11.8. The summed E-state index contributed by atoms with van der Waals surface area (Å²) in [7, 11) is 0. The Balaban J connectivity index is 1.99. The van der Waals surface area contributed by atoms with Gasteiger partial charge in [-0.1, -0.05) is 38.1 Å². The van der Waals surface area contributed by atoms with Crippen molar-refractivity contribution >= 4 is 5.91 Å². The molecule has 0 spiro atoms. The molecule has 2 rings (SSSR count). The zero-order valence-corrected chi connectivity index (χ0v) is 11.0. The van der Waals surface area contributed by atoms with Crippen molar-refractivity contribution in [1.82, 2.24) is 5.32 Å². The Morgan fingerprint density at radius 2 is 2.17 bits per heavy atom. The van der Waals surface area contributed by atoms with Crippen molar-refractivity contribution in [2.24, 2.45) is 5.92 Å². The Labute approximate surface area is 108 Å². The minimum Gasteiger partial charge on any atom is -0.390 e. The van der Waals surface area contributed by atoms with Crippen LogP contribution in [0.4, 0.5) is 0 Å². The fourth-order valence-electron chi connectivity index (χ4n) is 2.41. The van der Waals surface area contributed by atoms with Crippen LogP contribution in [0.15, 0.2) is 24.3 Å². The molecule has 0 unspecified atom stereocenters. The van der Waals surface area contributed by atoms with Crippen molar-refractivity contribution < 1.29 is 9.90 Å². The van der Waals surface area contributed by atoms with E-state index < -0.39 is 6.10 Å². The van der Waals surface area contributed by atoms with Crippen LogP contribution < -0.4 is 5.32 Å². The molecule has 0 radical (unpaired) electrons. The van der Waals surface area contributed by atoms with Gasteiger partial charge in [0, 0.05) is 12.8 Å². The predicted molar refractivity (Wildman–Crippen MR) is 71.1 cm³/mol. The average Bonchev–Trinajstić information content (AvgIpc) is 2.64. The van der Waals surface area contributed by atoms with E-state index in [-0.39, 0.29) is 11.9 Å². The topological polar surface area (TPSA) is 49.3 Å². The Hall–Kier alpha value is -1.35. The highest BCUT2D eigenvalue weighted by Crippen LogP contribution is 2.31. The normalized spacial score (nSPS) is 22.0. The minimum absolute atomic E-state index is 0.0319. The molecule has 0 heterocycles. The standard InChI is InChI=1S/C15H21NO2/c1-10(2)7-8-14(18)16-15-12-6-4-3-5-11(12)9-13(15)17/h3-6,10,13,15,17H,7-9H2,1-2H3,(H,16,18)/t13-,15+/m1/s1. The van der Waals surface area contributed by atoms with Crippen molar-refractivity contribution in [3.8, 4) is 0 Å². The second kappa shape index (κ2) is 5.53. The lowest BCUT2D eigenvalue weighted by molar-refractivity contribution is -0.122. The molecular formula is C15H21NO2. The first-order chi connectivity index (χ1) is 8.58. The van der Waals surface area contributed by atoms with E-state index in [1.165, 1.54) is 0 Å². The Morgan fingerprint density at radius 3 is 2.89 bits per heavy atom. The molecule has 0 aliphatic heterocycles. The van der Waals surface area contributed by atoms with Crippen molar-refractivity contribution in [2.75, 3.05) is 0 Å². The second-order valence-electron chi connectivity index (χ2n) is 5.45. The van der Waals surface area contributed by atoms with Crippen molar-refractivity contribution in [3.05, 3.63) is 35.4 Å². The van der Waals surface area contributed by atoms with E-state index in [1.807, 2.05) is 24.3 Å². The molecule has 1 aliphatic rings. The van der Waals surface area contributed by atoms with E-state index in [0.29, 0.717) is 18.8 Å². The SMILES string of the molecule is CC(C)CCC(=O)N[C@H]1c2ccccc2C[C@H]1O. The fraction of sp³-hybridized carbons (Fsp3) is 0.533. The van der Waals surface area contributed by atoms with E-state index in [9.17, 15) is 9.90 Å². The number of carbonyl (C=O) groups is 1. The van der Waals surface area contributed by atoms with Gasteiger partial charge >= 0.3 is 0 Å². The van der Waals surface area contributed by atoms with Crippen LogP contribution in [0, 0.1) is 5.92 Å². The molecule has 2 N–H and O–H groups in total. The first-order valence-corrected chi connectivity index (χ1v) is 6.63. The molecule has 0 saturated carbocycles. The van der Waals surface area contributed by atoms with E-state index in [1.54, 1.807) is 0 Å². The minimum atomic E-state index is -0.495. The maximum Gasteiger partial charge on any atom is 0.220 e. The van der Waals surface area contributed by atoms with Gasteiger partial charge in [-0.15, -0.1) is 0 Å². The van der Waals surface area contributed by atoms with E-state index in [4.69, 9.17) is 0 Å². The van der Waals surface area contributed by atoms with Gasteiger partial charge in [-0.05, 0) is 23.5 Å². The number of carbonyl (C=O) groups excluding carboxylic acids is 1. The molecule has 1 aliphatic carbocycles. The monoisotopic (exact) mass is 247 g/mol. The van der Waals surface area contributed by atoms with Crippen molar-refractivity contribution in [1.29, 1.82) is 0 Å². The van der Waals surface area contributed by atoms with Gasteiger partial charge in [0.1, 0.15) is 0 Å². The highest BCUT2D eigenvalue weighted by molar-refractivity contribution is 5.76. The van der Waals surface area contributed by atoms with Crippen LogP contribution in [0.25, 0.3) is 0 Å². The van der Waals surface area contributed by atoms with Crippen LogP contribution in [0.5, 0.6) is 0 Å². The first-order valence-electron chi connectivity index (χ1n) is 6.63. The number of nitrogens with one attached hydrogen (secondary N) is 1. The zero-order chi connectivity index (χ0) is 13.1. The van der Waals surface area contributed by atoms with Crippen LogP contribution >= 0.6 is 0 Å². The highest BCUT2D eigenvalue weighted by atomic mass is 16.3. The molecule has 3 heteroatoms. The number of hydrogen-bond donors (Lipinski definition) is 2.